The summed E-state index contributed by atoms with van der Waals surface area (Å²) in [7, 11) is 0. The smallest absolute Gasteiger partial charge is 0.231 e. The molecule has 2 heterocycles. The number of rotatable bonds is 5. The molecule has 1 aliphatic rings. The third-order valence-corrected chi connectivity index (χ3v) is 4.36. The van der Waals surface area contributed by atoms with Crippen molar-refractivity contribution < 1.29 is 9.53 Å². The number of carbonyl (C=O) groups excluding carboxylic acids is 1. The molecule has 0 saturated carbocycles. The highest BCUT2D eigenvalue weighted by atomic mass is 16.5. The van der Waals surface area contributed by atoms with Crippen molar-refractivity contribution in [3.63, 3.8) is 0 Å². The van der Waals surface area contributed by atoms with Crippen LogP contribution in [0.4, 0.5) is 0 Å². The molecule has 0 spiro atoms. The zero-order valence-electron chi connectivity index (χ0n) is 13.8. The summed E-state index contributed by atoms with van der Waals surface area (Å²) >= 11 is 0. The van der Waals surface area contributed by atoms with Gasteiger partial charge < -0.3 is 10.1 Å². The topological polar surface area (TPSA) is 56.2 Å². The van der Waals surface area contributed by atoms with Crippen LogP contribution in [0.25, 0.3) is 5.69 Å². The Balaban J connectivity index is 1.33. The second-order valence-corrected chi connectivity index (χ2v) is 6.03. The fourth-order valence-corrected chi connectivity index (χ4v) is 3.04. The lowest BCUT2D eigenvalue weighted by Crippen LogP contribution is -2.31. The first-order valence-electron chi connectivity index (χ1n) is 8.41. The number of amides is 1. The molecule has 5 heteroatoms. The van der Waals surface area contributed by atoms with E-state index >= 15 is 0 Å². The molecule has 0 bridgehead atoms. The van der Waals surface area contributed by atoms with Crippen molar-refractivity contribution in [1.29, 1.82) is 0 Å². The maximum absolute atomic E-state index is 12.4. The molecule has 0 fully saturated rings. The second kappa shape index (κ2) is 6.81. The van der Waals surface area contributed by atoms with Crippen LogP contribution in [0.15, 0.2) is 66.9 Å². The Morgan fingerprint density at radius 3 is 2.80 bits per heavy atom. The number of nitrogens with zero attached hydrogens (tertiary/aromatic N) is 2. The molecule has 1 atom stereocenters. The zero-order chi connectivity index (χ0) is 17.1. The lowest BCUT2D eigenvalue weighted by atomic mass is 10.0. The summed E-state index contributed by atoms with van der Waals surface area (Å²) in [5, 5.41) is 7.55. The van der Waals surface area contributed by atoms with Crippen molar-refractivity contribution in [1.82, 2.24) is 15.1 Å². The van der Waals surface area contributed by atoms with Crippen LogP contribution in [0, 0.1) is 0 Å². The average molecular weight is 333 g/mol. The Morgan fingerprint density at radius 2 is 1.92 bits per heavy atom. The van der Waals surface area contributed by atoms with Gasteiger partial charge in [-0.05, 0) is 24.3 Å². The fourth-order valence-electron chi connectivity index (χ4n) is 3.04. The quantitative estimate of drug-likeness (QED) is 0.781. The molecule has 1 amide bonds. The normalized spacial score (nSPS) is 15.4. The van der Waals surface area contributed by atoms with Gasteiger partial charge in [0.05, 0.1) is 11.4 Å². The predicted octanol–water partition coefficient (Wildman–Crippen LogP) is 2.71. The van der Waals surface area contributed by atoms with E-state index in [2.05, 4.69) is 10.4 Å². The summed E-state index contributed by atoms with van der Waals surface area (Å²) in [5.74, 6) is 0.592. The first-order chi connectivity index (χ1) is 12.3. The van der Waals surface area contributed by atoms with Gasteiger partial charge in [-0.1, -0.05) is 36.4 Å². The number of ether oxygens (including phenoxy) is 1. The summed E-state index contributed by atoms with van der Waals surface area (Å²) in [6.07, 6.45) is 2.63. The molecule has 0 saturated heterocycles. The van der Waals surface area contributed by atoms with E-state index in [-0.39, 0.29) is 11.8 Å². The van der Waals surface area contributed by atoms with E-state index in [0.29, 0.717) is 19.6 Å². The molecule has 5 nitrogen and oxygen atoms in total. The van der Waals surface area contributed by atoms with Crippen LogP contribution in [0.3, 0.4) is 0 Å². The molecule has 4 rings (SSSR count). The average Bonchev–Trinajstić information content (AvgIpc) is 3.29. The van der Waals surface area contributed by atoms with Crippen LogP contribution in [0.1, 0.15) is 17.2 Å². The van der Waals surface area contributed by atoms with Gasteiger partial charge in [0, 0.05) is 24.7 Å². The minimum atomic E-state index is -0.224. The fraction of sp³-hybridized carbons (Fsp3) is 0.200. The Kier molecular flexibility index (Phi) is 4.21. The van der Waals surface area contributed by atoms with Crippen molar-refractivity contribution in [3.05, 3.63) is 78.1 Å². The van der Waals surface area contributed by atoms with Crippen LogP contribution in [-0.4, -0.2) is 28.8 Å². The highest BCUT2D eigenvalue weighted by molar-refractivity contribution is 5.85. The monoisotopic (exact) mass is 333 g/mol. The third kappa shape index (κ3) is 3.26. The third-order valence-electron chi connectivity index (χ3n) is 4.36. The van der Waals surface area contributed by atoms with Gasteiger partial charge in [0.25, 0.3) is 0 Å². The SMILES string of the molecule is O=C(NCCc1ccn(-c2ccccc2)n1)C1COc2ccccc21. The zero-order valence-corrected chi connectivity index (χ0v) is 13.8. The molecule has 1 N–H and O–H groups in total. The van der Waals surface area contributed by atoms with E-state index in [1.807, 2.05) is 71.5 Å². The van der Waals surface area contributed by atoms with Crippen LogP contribution < -0.4 is 10.1 Å². The van der Waals surface area contributed by atoms with E-state index in [4.69, 9.17) is 4.74 Å². The van der Waals surface area contributed by atoms with Crippen molar-refractivity contribution in [2.75, 3.05) is 13.2 Å². The van der Waals surface area contributed by atoms with Crippen molar-refractivity contribution in [2.24, 2.45) is 0 Å². The summed E-state index contributed by atoms with van der Waals surface area (Å²) < 4.78 is 7.42. The number of para-hydroxylation sites is 2. The highest BCUT2D eigenvalue weighted by Crippen LogP contribution is 2.33. The van der Waals surface area contributed by atoms with Crippen LogP contribution in [0.5, 0.6) is 5.75 Å². The van der Waals surface area contributed by atoms with E-state index in [1.54, 1.807) is 0 Å². The van der Waals surface area contributed by atoms with E-state index in [9.17, 15) is 4.79 Å². The number of hydrogen-bond donors (Lipinski definition) is 1. The van der Waals surface area contributed by atoms with Gasteiger partial charge in [-0.15, -0.1) is 0 Å². The molecule has 1 unspecified atom stereocenters. The first-order valence-corrected chi connectivity index (χ1v) is 8.41. The predicted molar refractivity (Wildman–Crippen MR) is 95.0 cm³/mol. The van der Waals surface area contributed by atoms with Crippen LogP contribution >= 0.6 is 0 Å². The molecule has 25 heavy (non-hydrogen) atoms. The van der Waals surface area contributed by atoms with E-state index in [0.717, 1.165) is 22.7 Å². The van der Waals surface area contributed by atoms with Crippen LogP contribution in [0.2, 0.25) is 0 Å². The lowest BCUT2D eigenvalue weighted by molar-refractivity contribution is -0.122. The number of benzene rings is 2. The van der Waals surface area contributed by atoms with Crippen molar-refractivity contribution in [3.8, 4) is 11.4 Å². The maximum atomic E-state index is 12.4. The van der Waals surface area contributed by atoms with Crippen molar-refractivity contribution in [2.45, 2.75) is 12.3 Å². The number of nitrogens with one attached hydrogen (secondary N) is 1. The summed E-state index contributed by atoms with van der Waals surface area (Å²) in [4.78, 5) is 12.4. The highest BCUT2D eigenvalue weighted by Gasteiger charge is 2.29. The second-order valence-electron chi connectivity index (χ2n) is 6.03. The van der Waals surface area contributed by atoms with Gasteiger partial charge in [0.1, 0.15) is 18.3 Å². The number of fused-ring (bicyclic) bond motifs is 1. The number of aromatic nitrogens is 2. The summed E-state index contributed by atoms with van der Waals surface area (Å²) in [6.45, 7) is 0.969. The molecular weight excluding hydrogens is 314 g/mol. The maximum Gasteiger partial charge on any atom is 0.231 e. The summed E-state index contributed by atoms with van der Waals surface area (Å²) in [5.41, 5.74) is 2.94. The Labute approximate surface area is 146 Å². The molecule has 2 aromatic carbocycles. The molecular formula is C20H19N3O2. The van der Waals surface area contributed by atoms with Crippen molar-refractivity contribution >= 4 is 5.91 Å². The van der Waals surface area contributed by atoms with Crippen LogP contribution in [-0.2, 0) is 11.2 Å². The molecule has 1 aliphatic heterocycles. The molecule has 0 aliphatic carbocycles. The molecule has 126 valence electrons. The molecule has 0 radical (unpaired) electrons. The Morgan fingerprint density at radius 1 is 1.12 bits per heavy atom. The van der Waals surface area contributed by atoms with Gasteiger partial charge in [-0.25, -0.2) is 4.68 Å². The largest absolute Gasteiger partial charge is 0.492 e. The standard InChI is InChI=1S/C20H19N3O2/c24-20(18-14-25-19-9-5-4-8-17(18)19)21-12-10-15-11-13-23(22-15)16-6-2-1-3-7-16/h1-9,11,13,18H,10,12,14H2,(H,21,24). The minimum Gasteiger partial charge on any atom is -0.492 e. The van der Waals surface area contributed by atoms with Gasteiger partial charge in [0.2, 0.25) is 5.91 Å². The van der Waals surface area contributed by atoms with E-state index < -0.39 is 0 Å². The van der Waals surface area contributed by atoms with Gasteiger partial charge in [-0.3, -0.25) is 4.79 Å². The Hall–Kier alpha value is -3.08. The lowest BCUT2D eigenvalue weighted by Gasteiger charge is -2.09. The minimum absolute atomic E-state index is 0.00689. The number of carbonyl (C=O) groups is 1. The van der Waals surface area contributed by atoms with E-state index in [1.165, 1.54) is 0 Å². The Bertz CT molecular complexity index is 873. The number of hydrogen-bond acceptors (Lipinski definition) is 3. The molecule has 3 aromatic rings. The summed E-state index contributed by atoms with van der Waals surface area (Å²) in [6, 6.07) is 19.7. The molecule has 1 aromatic heterocycles. The van der Waals surface area contributed by atoms with Gasteiger partial charge in [-0.2, -0.15) is 5.10 Å². The first kappa shape index (κ1) is 15.4. The van der Waals surface area contributed by atoms with Gasteiger partial charge in [0.15, 0.2) is 0 Å². The van der Waals surface area contributed by atoms with Gasteiger partial charge >= 0.3 is 0 Å².